The molecule has 1 heterocycles. The molecule has 144 valence electrons. The van der Waals surface area contributed by atoms with E-state index in [4.69, 9.17) is 23.2 Å². The van der Waals surface area contributed by atoms with Gasteiger partial charge in [0, 0.05) is 22.2 Å². The Morgan fingerprint density at radius 3 is 2.43 bits per heavy atom. The zero-order valence-electron chi connectivity index (χ0n) is 14.4. The van der Waals surface area contributed by atoms with Gasteiger partial charge in [-0.3, -0.25) is 0 Å². The minimum atomic E-state index is -3.86. The lowest BCUT2D eigenvalue weighted by Gasteiger charge is -2.37. The average Bonchev–Trinajstić information content (AvgIpc) is 2.66. The normalized spacial score (nSPS) is 18.3. The zero-order valence-corrected chi connectivity index (χ0v) is 16.8. The summed E-state index contributed by atoms with van der Waals surface area (Å²) in [4.78, 5) is 0.163. The number of fused-ring (bicyclic) bond motifs is 1. The first-order valence-electron chi connectivity index (χ1n) is 8.44. The minimum Gasteiger partial charge on any atom is -0.364 e. The smallest absolute Gasteiger partial charge is 0.247 e. The number of nitrogens with zero attached hydrogens (tertiary/aromatic N) is 1. The molecule has 1 unspecified atom stereocenters. The second-order valence-corrected chi connectivity index (χ2v) is 9.02. The molecular weight excluding hydrogens is 422 g/mol. The standard InChI is InChI=1S/C20H15Cl2FN2O2S/c21-16-6-2-1-5-15(16)20-24-18-7-3-4-8-19(18)28(26,27)25(20)12-13-9-10-14(23)11-17(13)22/h1-11,20,24H,12H2. The van der Waals surface area contributed by atoms with Gasteiger partial charge >= 0.3 is 0 Å². The van der Waals surface area contributed by atoms with Crippen molar-refractivity contribution in [3.8, 4) is 0 Å². The highest BCUT2D eigenvalue weighted by atomic mass is 35.5. The third-order valence-corrected chi connectivity index (χ3v) is 7.16. The lowest BCUT2D eigenvalue weighted by Crippen LogP contribution is -2.42. The van der Waals surface area contributed by atoms with E-state index < -0.39 is 22.0 Å². The minimum absolute atomic E-state index is 0.0430. The predicted octanol–water partition coefficient (Wildman–Crippen LogP) is 5.45. The van der Waals surface area contributed by atoms with Crippen LogP contribution < -0.4 is 5.32 Å². The Balaban J connectivity index is 1.87. The molecule has 0 bridgehead atoms. The van der Waals surface area contributed by atoms with Crippen molar-refractivity contribution < 1.29 is 12.8 Å². The molecule has 0 amide bonds. The SMILES string of the molecule is O=S1(=O)c2ccccc2NC(c2ccccc2Cl)N1Cc1ccc(F)cc1Cl. The molecule has 0 aliphatic carbocycles. The fourth-order valence-corrected chi connectivity index (χ4v) is 5.35. The molecule has 0 spiro atoms. The van der Waals surface area contributed by atoms with E-state index in [9.17, 15) is 12.8 Å². The molecule has 1 aliphatic rings. The highest BCUT2D eigenvalue weighted by Crippen LogP contribution is 2.41. The summed E-state index contributed by atoms with van der Waals surface area (Å²) in [5.41, 5.74) is 1.60. The van der Waals surface area contributed by atoms with Gasteiger partial charge in [0.05, 0.1) is 5.69 Å². The number of hydrogen-bond donors (Lipinski definition) is 1. The maximum atomic E-state index is 13.4. The highest BCUT2D eigenvalue weighted by Gasteiger charge is 2.39. The Morgan fingerprint density at radius 2 is 1.68 bits per heavy atom. The van der Waals surface area contributed by atoms with Gasteiger partial charge in [-0.25, -0.2) is 12.8 Å². The van der Waals surface area contributed by atoms with E-state index in [1.54, 1.807) is 48.5 Å². The molecule has 0 saturated heterocycles. The first kappa shape index (κ1) is 19.2. The van der Waals surface area contributed by atoms with Gasteiger partial charge in [0.1, 0.15) is 16.9 Å². The van der Waals surface area contributed by atoms with Crippen molar-refractivity contribution in [3.05, 3.63) is 93.7 Å². The second kappa shape index (κ2) is 7.37. The first-order chi connectivity index (χ1) is 13.4. The Hall–Kier alpha value is -2.12. The van der Waals surface area contributed by atoms with Crippen molar-refractivity contribution in [2.75, 3.05) is 5.32 Å². The van der Waals surface area contributed by atoms with Crippen LogP contribution in [0, 0.1) is 5.82 Å². The summed E-state index contributed by atoms with van der Waals surface area (Å²) >= 11 is 12.5. The van der Waals surface area contributed by atoms with Crippen molar-refractivity contribution in [2.24, 2.45) is 0 Å². The van der Waals surface area contributed by atoms with Gasteiger partial charge in [0.25, 0.3) is 0 Å². The van der Waals surface area contributed by atoms with Crippen LogP contribution >= 0.6 is 23.2 Å². The van der Waals surface area contributed by atoms with Crippen LogP contribution in [0.1, 0.15) is 17.3 Å². The van der Waals surface area contributed by atoms with Crippen LogP contribution in [-0.4, -0.2) is 12.7 Å². The zero-order chi connectivity index (χ0) is 19.9. The number of anilines is 1. The lowest BCUT2D eigenvalue weighted by atomic mass is 10.1. The van der Waals surface area contributed by atoms with E-state index in [-0.39, 0.29) is 16.5 Å². The van der Waals surface area contributed by atoms with Gasteiger partial charge in [0.15, 0.2) is 0 Å². The summed E-state index contributed by atoms with van der Waals surface area (Å²) < 4.78 is 41.5. The molecule has 3 aromatic rings. The summed E-state index contributed by atoms with van der Waals surface area (Å²) in [6, 6.07) is 17.6. The number of halogens is 3. The van der Waals surface area contributed by atoms with Crippen molar-refractivity contribution >= 4 is 38.9 Å². The fourth-order valence-electron chi connectivity index (χ4n) is 3.22. The molecule has 0 aromatic heterocycles. The van der Waals surface area contributed by atoms with Gasteiger partial charge in [-0.15, -0.1) is 0 Å². The average molecular weight is 437 g/mol. The van der Waals surface area contributed by atoms with Gasteiger partial charge < -0.3 is 5.32 Å². The van der Waals surface area contributed by atoms with E-state index >= 15 is 0 Å². The molecule has 1 atom stereocenters. The summed E-state index contributed by atoms with van der Waals surface area (Å²) in [6.45, 7) is -0.0430. The number of benzene rings is 3. The second-order valence-electron chi connectivity index (χ2n) is 6.35. The molecule has 4 rings (SSSR count). The molecule has 1 N–H and O–H groups in total. The number of para-hydroxylation sites is 1. The number of rotatable bonds is 3. The van der Waals surface area contributed by atoms with Crippen molar-refractivity contribution in [2.45, 2.75) is 17.6 Å². The van der Waals surface area contributed by atoms with E-state index in [1.807, 2.05) is 0 Å². The summed E-state index contributed by atoms with van der Waals surface area (Å²) in [6.07, 6.45) is -0.741. The molecule has 0 radical (unpaired) electrons. The first-order valence-corrected chi connectivity index (χ1v) is 10.6. The molecular formula is C20H15Cl2FN2O2S. The summed E-state index contributed by atoms with van der Waals surface area (Å²) in [7, 11) is -3.86. The maximum Gasteiger partial charge on any atom is 0.247 e. The van der Waals surface area contributed by atoms with Gasteiger partial charge in [-0.1, -0.05) is 59.6 Å². The molecule has 3 aromatic carbocycles. The topological polar surface area (TPSA) is 49.4 Å². The van der Waals surface area contributed by atoms with Crippen LogP contribution in [0.15, 0.2) is 71.6 Å². The Bertz CT molecular complexity index is 1150. The predicted molar refractivity (Wildman–Crippen MR) is 108 cm³/mol. The maximum absolute atomic E-state index is 13.4. The quantitative estimate of drug-likeness (QED) is 0.593. The van der Waals surface area contributed by atoms with Crippen LogP contribution in [0.2, 0.25) is 10.0 Å². The monoisotopic (exact) mass is 436 g/mol. The largest absolute Gasteiger partial charge is 0.364 e. The van der Waals surface area contributed by atoms with Crippen molar-refractivity contribution in [1.29, 1.82) is 0 Å². The van der Waals surface area contributed by atoms with E-state index in [0.717, 1.165) is 0 Å². The number of hydrogen-bond acceptors (Lipinski definition) is 3. The van der Waals surface area contributed by atoms with Crippen LogP contribution in [0.4, 0.5) is 10.1 Å². The Morgan fingerprint density at radius 1 is 0.964 bits per heavy atom. The molecule has 28 heavy (non-hydrogen) atoms. The van der Waals surface area contributed by atoms with Crippen LogP contribution in [0.3, 0.4) is 0 Å². The van der Waals surface area contributed by atoms with Crippen LogP contribution in [-0.2, 0) is 16.6 Å². The molecule has 0 fully saturated rings. The van der Waals surface area contributed by atoms with Gasteiger partial charge in [0.2, 0.25) is 10.0 Å². The van der Waals surface area contributed by atoms with Crippen molar-refractivity contribution in [1.82, 2.24) is 4.31 Å². The fraction of sp³-hybridized carbons (Fsp3) is 0.100. The molecule has 1 aliphatic heterocycles. The summed E-state index contributed by atoms with van der Waals surface area (Å²) in [5.74, 6) is -0.485. The molecule has 0 saturated carbocycles. The van der Waals surface area contributed by atoms with Crippen LogP contribution in [0.25, 0.3) is 0 Å². The van der Waals surface area contributed by atoms with Gasteiger partial charge in [-0.2, -0.15) is 4.31 Å². The Labute approximate surface area is 172 Å². The number of nitrogens with one attached hydrogen (secondary N) is 1. The summed E-state index contributed by atoms with van der Waals surface area (Å²) in [5, 5.41) is 3.85. The third kappa shape index (κ3) is 3.37. The highest BCUT2D eigenvalue weighted by molar-refractivity contribution is 7.89. The van der Waals surface area contributed by atoms with E-state index in [0.29, 0.717) is 21.8 Å². The van der Waals surface area contributed by atoms with E-state index in [2.05, 4.69) is 5.32 Å². The Kier molecular flexibility index (Phi) is 5.05. The van der Waals surface area contributed by atoms with E-state index in [1.165, 1.54) is 22.5 Å². The lowest BCUT2D eigenvalue weighted by molar-refractivity contribution is 0.336. The third-order valence-electron chi connectivity index (χ3n) is 4.60. The number of sulfonamides is 1. The van der Waals surface area contributed by atoms with Crippen LogP contribution in [0.5, 0.6) is 0 Å². The van der Waals surface area contributed by atoms with Crippen molar-refractivity contribution in [3.63, 3.8) is 0 Å². The molecule has 4 nitrogen and oxygen atoms in total. The van der Waals surface area contributed by atoms with Gasteiger partial charge in [-0.05, 0) is 35.9 Å². The molecule has 8 heteroatoms.